The molecule has 0 bridgehead atoms. The molecule has 0 saturated heterocycles. The highest BCUT2D eigenvalue weighted by Crippen LogP contribution is 2.36. The van der Waals surface area contributed by atoms with E-state index in [0.29, 0.717) is 22.5 Å². The molecule has 166 valence electrons. The first-order chi connectivity index (χ1) is 16.5. The average Bonchev–Trinajstić information content (AvgIpc) is 2.87. The van der Waals surface area contributed by atoms with Crippen LogP contribution in [0.1, 0.15) is 31.8 Å². The predicted octanol–water partition coefficient (Wildman–Crippen LogP) is 6.25. The maximum absolute atomic E-state index is 11.5. The van der Waals surface area contributed by atoms with E-state index in [1.807, 2.05) is 48.5 Å². The van der Waals surface area contributed by atoms with E-state index in [-0.39, 0.29) is 11.1 Å². The molecule has 0 aliphatic rings. The Hall–Kier alpha value is -4.84. The fourth-order valence-electron chi connectivity index (χ4n) is 3.51. The van der Waals surface area contributed by atoms with Gasteiger partial charge in [-0.2, -0.15) is 0 Å². The van der Waals surface area contributed by atoms with Crippen molar-refractivity contribution in [3.63, 3.8) is 0 Å². The molecule has 0 spiro atoms. The first kappa shape index (κ1) is 22.4. The van der Waals surface area contributed by atoms with Crippen LogP contribution in [-0.4, -0.2) is 34.6 Å². The molecule has 4 aromatic carbocycles. The van der Waals surface area contributed by atoms with Gasteiger partial charge in [0.25, 0.3) is 0 Å². The molecular formula is C28H20N2O4. The number of carbonyl (C=O) groups is 2. The van der Waals surface area contributed by atoms with Gasteiger partial charge in [0.1, 0.15) is 0 Å². The van der Waals surface area contributed by atoms with Crippen LogP contribution in [0.2, 0.25) is 0 Å². The van der Waals surface area contributed by atoms with Crippen molar-refractivity contribution in [2.45, 2.75) is 0 Å². The van der Waals surface area contributed by atoms with Crippen molar-refractivity contribution in [1.29, 1.82) is 0 Å². The van der Waals surface area contributed by atoms with Gasteiger partial charge in [-0.3, -0.25) is 9.98 Å². The van der Waals surface area contributed by atoms with Gasteiger partial charge < -0.3 is 10.2 Å². The number of hydrogen-bond donors (Lipinski definition) is 2. The molecule has 34 heavy (non-hydrogen) atoms. The van der Waals surface area contributed by atoms with Crippen LogP contribution in [0, 0.1) is 0 Å². The molecule has 0 fully saturated rings. The quantitative estimate of drug-likeness (QED) is 0.326. The van der Waals surface area contributed by atoms with E-state index in [1.54, 1.807) is 36.4 Å². The Bertz CT molecular complexity index is 1310. The number of para-hydroxylation sites is 2. The third-order valence-electron chi connectivity index (χ3n) is 5.17. The minimum atomic E-state index is -1.02. The molecule has 0 heterocycles. The number of aliphatic imine (C=N–C) groups is 2. The summed E-state index contributed by atoms with van der Waals surface area (Å²) >= 11 is 0. The molecule has 4 aromatic rings. The van der Waals surface area contributed by atoms with Gasteiger partial charge in [0.15, 0.2) is 0 Å². The van der Waals surface area contributed by atoms with Crippen molar-refractivity contribution < 1.29 is 19.8 Å². The molecule has 2 N–H and O–H groups in total. The van der Waals surface area contributed by atoms with Crippen LogP contribution in [0.25, 0.3) is 11.1 Å². The molecule has 0 radical (unpaired) electrons. The van der Waals surface area contributed by atoms with Crippen LogP contribution in [0.3, 0.4) is 0 Å². The second kappa shape index (κ2) is 10.2. The van der Waals surface area contributed by atoms with Crippen molar-refractivity contribution >= 4 is 35.7 Å². The van der Waals surface area contributed by atoms with Gasteiger partial charge in [-0.25, -0.2) is 9.59 Å². The number of hydrogen-bond acceptors (Lipinski definition) is 4. The first-order valence-corrected chi connectivity index (χ1v) is 10.5. The fourth-order valence-corrected chi connectivity index (χ4v) is 3.51. The van der Waals surface area contributed by atoms with Gasteiger partial charge in [0.2, 0.25) is 0 Å². The monoisotopic (exact) mass is 448 g/mol. The van der Waals surface area contributed by atoms with Crippen molar-refractivity contribution in [2.75, 3.05) is 0 Å². The summed E-state index contributed by atoms with van der Waals surface area (Å²) < 4.78 is 0. The molecule has 0 atom stereocenters. The van der Waals surface area contributed by atoms with E-state index >= 15 is 0 Å². The lowest BCUT2D eigenvalue weighted by Gasteiger charge is -2.09. The SMILES string of the molecule is O=C(O)c1ccccc1C=Nc1ccccc1-c1ccccc1N=Cc1ccccc1C(=O)O. The summed E-state index contributed by atoms with van der Waals surface area (Å²) in [5.74, 6) is -2.03. The van der Waals surface area contributed by atoms with Crippen molar-refractivity contribution in [3.05, 3.63) is 119 Å². The number of benzene rings is 4. The van der Waals surface area contributed by atoms with Crippen LogP contribution in [0.4, 0.5) is 11.4 Å². The Labute approximate surface area is 196 Å². The minimum Gasteiger partial charge on any atom is -0.478 e. The summed E-state index contributed by atoms with van der Waals surface area (Å²) in [5.41, 5.74) is 4.27. The summed E-state index contributed by atoms with van der Waals surface area (Å²) in [5, 5.41) is 18.8. The van der Waals surface area contributed by atoms with Gasteiger partial charge in [-0.05, 0) is 24.3 Å². The smallest absolute Gasteiger partial charge is 0.336 e. The predicted molar refractivity (Wildman–Crippen MR) is 133 cm³/mol. The Kier molecular flexibility index (Phi) is 6.70. The lowest BCUT2D eigenvalue weighted by Crippen LogP contribution is -2.01. The van der Waals surface area contributed by atoms with E-state index in [9.17, 15) is 19.8 Å². The zero-order chi connectivity index (χ0) is 23.9. The van der Waals surface area contributed by atoms with Crippen LogP contribution in [0.5, 0.6) is 0 Å². The van der Waals surface area contributed by atoms with Gasteiger partial charge >= 0.3 is 11.9 Å². The van der Waals surface area contributed by atoms with Crippen molar-refractivity contribution in [3.8, 4) is 11.1 Å². The fraction of sp³-hybridized carbons (Fsp3) is 0. The van der Waals surface area contributed by atoms with E-state index in [4.69, 9.17) is 0 Å². The molecule has 0 unspecified atom stereocenters. The van der Waals surface area contributed by atoms with E-state index in [2.05, 4.69) is 9.98 Å². The van der Waals surface area contributed by atoms with Crippen molar-refractivity contribution in [2.24, 2.45) is 9.98 Å². The highest BCUT2D eigenvalue weighted by Gasteiger charge is 2.11. The van der Waals surface area contributed by atoms with Crippen LogP contribution >= 0.6 is 0 Å². The summed E-state index contributed by atoms with van der Waals surface area (Å²) in [6.45, 7) is 0. The number of carboxylic acids is 2. The Morgan fingerprint density at radius 3 is 1.29 bits per heavy atom. The Balaban J connectivity index is 1.73. The first-order valence-electron chi connectivity index (χ1n) is 10.5. The molecule has 6 nitrogen and oxygen atoms in total. The molecule has 0 saturated carbocycles. The molecule has 0 aliphatic heterocycles. The standard InChI is InChI=1S/C28H20N2O4/c31-27(32)21-11-3-1-9-19(21)17-29-25-15-7-5-13-23(25)24-14-6-8-16-26(24)30-18-20-10-2-4-12-22(20)28(33)34/h1-18H,(H,31,32)(H,33,34). The number of aromatic carboxylic acids is 2. The van der Waals surface area contributed by atoms with Gasteiger partial charge in [-0.1, -0.05) is 72.8 Å². The van der Waals surface area contributed by atoms with Gasteiger partial charge in [-0.15, -0.1) is 0 Å². The van der Waals surface area contributed by atoms with E-state index < -0.39 is 11.9 Å². The maximum Gasteiger partial charge on any atom is 0.336 e. The van der Waals surface area contributed by atoms with Crippen LogP contribution < -0.4 is 0 Å². The molecule has 0 aliphatic carbocycles. The summed E-state index contributed by atoms with van der Waals surface area (Å²) in [7, 11) is 0. The lowest BCUT2D eigenvalue weighted by molar-refractivity contribution is 0.0686. The second-order valence-electron chi connectivity index (χ2n) is 7.34. The largest absolute Gasteiger partial charge is 0.478 e. The number of carboxylic acid groups (broad SMARTS) is 2. The van der Waals surface area contributed by atoms with E-state index in [1.165, 1.54) is 24.6 Å². The Morgan fingerprint density at radius 2 is 0.882 bits per heavy atom. The molecule has 0 aromatic heterocycles. The van der Waals surface area contributed by atoms with E-state index in [0.717, 1.165) is 11.1 Å². The number of nitrogens with zero attached hydrogens (tertiary/aromatic N) is 2. The van der Waals surface area contributed by atoms with Crippen molar-refractivity contribution in [1.82, 2.24) is 0 Å². The topological polar surface area (TPSA) is 99.3 Å². The maximum atomic E-state index is 11.5. The molecule has 0 amide bonds. The normalized spacial score (nSPS) is 11.2. The highest BCUT2D eigenvalue weighted by molar-refractivity contribution is 6.01. The lowest BCUT2D eigenvalue weighted by atomic mass is 10.0. The third-order valence-corrected chi connectivity index (χ3v) is 5.17. The third kappa shape index (κ3) is 4.97. The zero-order valence-corrected chi connectivity index (χ0v) is 18.0. The average molecular weight is 448 g/mol. The number of rotatable bonds is 7. The molecule has 6 heteroatoms. The van der Waals surface area contributed by atoms with Crippen LogP contribution in [-0.2, 0) is 0 Å². The zero-order valence-electron chi connectivity index (χ0n) is 18.0. The molecule has 4 rings (SSSR count). The van der Waals surface area contributed by atoms with Crippen LogP contribution in [0.15, 0.2) is 107 Å². The summed E-state index contributed by atoms with van der Waals surface area (Å²) in [6, 6.07) is 28.3. The Morgan fingerprint density at radius 1 is 0.529 bits per heavy atom. The highest BCUT2D eigenvalue weighted by atomic mass is 16.4. The summed E-state index contributed by atoms with van der Waals surface area (Å²) in [4.78, 5) is 32.2. The molecular weight excluding hydrogens is 428 g/mol. The van der Waals surface area contributed by atoms with Gasteiger partial charge in [0, 0.05) is 34.7 Å². The summed E-state index contributed by atoms with van der Waals surface area (Å²) in [6.07, 6.45) is 3.08. The second-order valence-corrected chi connectivity index (χ2v) is 7.34. The van der Waals surface area contributed by atoms with Gasteiger partial charge in [0.05, 0.1) is 22.5 Å². The minimum absolute atomic E-state index is 0.172.